The molecular formula is C25H28F6N4O3. The third-order valence-corrected chi connectivity index (χ3v) is 6.04. The maximum absolute atomic E-state index is 13.2. The average Bonchev–Trinajstić information content (AvgIpc) is 2.82. The Bertz CT molecular complexity index is 1110. The zero-order valence-electron chi connectivity index (χ0n) is 20.7. The van der Waals surface area contributed by atoms with E-state index in [1.807, 2.05) is 13.8 Å². The van der Waals surface area contributed by atoms with Crippen LogP contribution in [0.3, 0.4) is 0 Å². The second kappa shape index (κ2) is 11.2. The lowest BCUT2D eigenvalue weighted by atomic mass is 9.91. The zero-order valence-corrected chi connectivity index (χ0v) is 20.7. The van der Waals surface area contributed by atoms with Crippen LogP contribution in [0.2, 0.25) is 0 Å². The number of carbonyl (C=O) groups excluding carboxylic acids is 2. The molecule has 0 unspecified atom stereocenters. The molecule has 0 aromatic heterocycles. The van der Waals surface area contributed by atoms with Gasteiger partial charge in [0.1, 0.15) is 0 Å². The third kappa shape index (κ3) is 6.57. The number of aliphatic hydroxyl groups is 1. The number of alkyl halides is 6. The van der Waals surface area contributed by atoms with Gasteiger partial charge in [-0.05, 0) is 43.7 Å². The minimum absolute atomic E-state index is 0.0403. The summed E-state index contributed by atoms with van der Waals surface area (Å²) in [6.07, 6.45) is -11.9. The molecule has 208 valence electrons. The fourth-order valence-corrected chi connectivity index (χ4v) is 4.06. The molecule has 3 rings (SSSR count). The highest BCUT2D eigenvalue weighted by molar-refractivity contribution is 5.95. The summed E-state index contributed by atoms with van der Waals surface area (Å²) in [5.41, 5.74) is -5.21. The Morgan fingerprint density at radius 3 is 2.03 bits per heavy atom. The number of amides is 3. The molecule has 2 aromatic rings. The molecule has 3 amide bonds. The van der Waals surface area contributed by atoms with Gasteiger partial charge in [0, 0.05) is 55.6 Å². The van der Waals surface area contributed by atoms with Crippen LogP contribution in [0.4, 0.5) is 36.8 Å². The van der Waals surface area contributed by atoms with Crippen LogP contribution in [0.25, 0.3) is 0 Å². The minimum Gasteiger partial charge on any atom is -0.369 e. The Balaban J connectivity index is 1.60. The lowest BCUT2D eigenvalue weighted by Crippen LogP contribution is -2.54. The smallest absolute Gasteiger partial charge is 0.369 e. The lowest BCUT2D eigenvalue weighted by Gasteiger charge is -2.35. The first kappa shape index (κ1) is 29.2. The Kier molecular flexibility index (Phi) is 8.62. The average molecular weight is 547 g/mol. The minimum atomic E-state index is -5.95. The van der Waals surface area contributed by atoms with E-state index in [1.165, 1.54) is 6.07 Å². The maximum atomic E-state index is 13.2. The van der Waals surface area contributed by atoms with Crippen LogP contribution in [0.1, 0.15) is 35.3 Å². The van der Waals surface area contributed by atoms with E-state index in [-0.39, 0.29) is 30.1 Å². The number of urea groups is 1. The summed E-state index contributed by atoms with van der Waals surface area (Å²) in [7, 11) is 0. The first-order valence-corrected chi connectivity index (χ1v) is 11.8. The Morgan fingerprint density at radius 1 is 0.921 bits per heavy atom. The number of anilines is 1. The van der Waals surface area contributed by atoms with Gasteiger partial charge in [-0.3, -0.25) is 9.69 Å². The van der Waals surface area contributed by atoms with E-state index in [9.17, 15) is 41.0 Å². The van der Waals surface area contributed by atoms with Crippen LogP contribution in [0.15, 0.2) is 48.5 Å². The van der Waals surface area contributed by atoms with Crippen LogP contribution in [-0.2, 0) is 12.1 Å². The molecule has 7 nitrogen and oxygen atoms in total. The summed E-state index contributed by atoms with van der Waals surface area (Å²) >= 11 is 0. The molecule has 0 spiro atoms. The molecule has 1 heterocycles. The van der Waals surface area contributed by atoms with E-state index in [0.29, 0.717) is 49.6 Å². The van der Waals surface area contributed by atoms with Gasteiger partial charge in [-0.1, -0.05) is 24.3 Å². The maximum Gasteiger partial charge on any atom is 0.430 e. The zero-order chi connectivity index (χ0) is 28.3. The summed E-state index contributed by atoms with van der Waals surface area (Å²) in [4.78, 5) is 28.0. The molecule has 0 bridgehead atoms. The van der Waals surface area contributed by atoms with Crippen molar-refractivity contribution in [2.45, 2.75) is 44.4 Å². The lowest BCUT2D eigenvalue weighted by molar-refractivity contribution is -0.376. The molecule has 1 saturated heterocycles. The summed E-state index contributed by atoms with van der Waals surface area (Å²) in [5.74, 6) is -0.245. The molecule has 3 N–H and O–H groups in total. The highest BCUT2D eigenvalue weighted by Crippen LogP contribution is 2.50. The summed E-state index contributed by atoms with van der Waals surface area (Å²) in [6.45, 7) is 4.95. The summed E-state index contributed by atoms with van der Waals surface area (Å²) in [6, 6.07) is 9.65. The van der Waals surface area contributed by atoms with Crippen molar-refractivity contribution in [2.24, 2.45) is 0 Å². The second-order valence-corrected chi connectivity index (χ2v) is 9.31. The molecule has 1 fully saturated rings. The number of nitrogens with one attached hydrogen (secondary N) is 2. The normalized spacial score (nSPS) is 15.5. The van der Waals surface area contributed by atoms with E-state index in [0.717, 1.165) is 6.07 Å². The molecule has 0 saturated carbocycles. The van der Waals surface area contributed by atoms with Gasteiger partial charge in [0.2, 0.25) is 0 Å². The fraction of sp³-hybridized carbons (Fsp3) is 0.440. The van der Waals surface area contributed by atoms with Crippen LogP contribution >= 0.6 is 0 Å². The number of nitrogens with zero attached hydrogens (tertiary/aromatic N) is 2. The SMILES string of the molecule is CC(C)NC(=O)Nc1ccc(C(=O)N2CCN(Cc3cccc(C(O)(C(F)(F)F)C(F)(F)F)c3)CC2)cc1. The van der Waals surface area contributed by atoms with E-state index < -0.39 is 23.5 Å². The van der Waals surface area contributed by atoms with Crippen molar-refractivity contribution < 1.29 is 41.0 Å². The van der Waals surface area contributed by atoms with Crippen molar-refractivity contribution in [2.75, 3.05) is 31.5 Å². The molecule has 0 atom stereocenters. The first-order chi connectivity index (χ1) is 17.6. The van der Waals surface area contributed by atoms with Crippen molar-refractivity contribution in [3.05, 3.63) is 65.2 Å². The number of carbonyl (C=O) groups is 2. The Labute approximate surface area is 215 Å². The van der Waals surface area contributed by atoms with Gasteiger partial charge in [0.15, 0.2) is 0 Å². The van der Waals surface area contributed by atoms with Crippen molar-refractivity contribution in [3.63, 3.8) is 0 Å². The van der Waals surface area contributed by atoms with Gasteiger partial charge in [0.25, 0.3) is 11.5 Å². The standard InChI is InChI=1S/C25H28F6N4O3/c1-16(2)32-22(37)33-20-8-6-18(7-9-20)21(36)35-12-10-34(11-13-35)15-17-4-3-5-19(14-17)23(38,24(26,27)28)25(29,30)31/h3-9,14,16,38H,10-13,15H2,1-2H3,(H2,32,33,37). The Hall–Kier alpha value is -3.32. The number of hydrogen-bond acceptors (Lipinski definition) is 4. The van der Waals surface area contributed by atoms with Gasteiger partial charge < -0.3 is 20.6 Å². The summed E-state index contributed by atoms with van der Waals surface area (Å²) < 4.78 is 79.3. The third-order valence-electron chi connectivity index (χ3n) is 6.04. The van der Waals surface area contributed by atoms with Crippen molar-refractivity contribution in [1.82, 2.24) is 15.1 Å². The second-order valence-electron chi connectivity index (χ2n) is 9.31. The first-order valence-electron chi connectivity index (χ1n) is 11.8. The van der Waals surface area contributed by atoms with Crippen LogP contribution in [-0.4, -0.2) is 71.4 Å². The number of piperazine rings is 1. The van der Waals surface area contributed by atoms with E-state index in [1.54, 1.807) is 34.1 Å². The van der Waals surface area contributed by atoms with Gasteiger partial charge in [-0.25, -0.2) is 4.79 Å². The molecule has 13 heteroatoms. The highest BCUT2D eigenvalue weighted by atomic mass is 19.4. The predicted octanol–water partition coefficient (Wildman–Crippen LogP) is 4.49. The number of rotatable bonds is 6. The molecular weight excluding hydrogens is 518 g/mol. The molecule has 0 aliphatic carbocycles. The summed E-state index contributed by atoms with van der Waals surface area (Å²) in [5, 5.41) is 15.0. The molecule has 38 heavy (non-hydrogen) atoms. The number of halogens is 6. The van der Waals surface area contributed by atoms with Gasteiger partial charge in [-0.15, -0.1) is 0 Å². The van der Waals surface area contributed by atoms with Crippen molar-refractivity contribution in [1.29, 1.82) is 0 Å². The van der Waals surface area contributed by atoms with Gasteiger partial charge in [-0.2, -0.15) is 26.3 Å². The van der Waals surface area contributed by atoms with Gasteiger partial charge in [0.05, 0.1) is 0 Å². The molecule has 1 aliphatic heterocycles. The molecule has 0 radical (unpaired) electrons. The number of hydrogen-bond donors (Lipinski definition) is 3. The topological polar surface area (TPSA) is 84.9 Å². The van der Waals surface area contributed by atoms with Crippen molar-refractivity contribution in [3.8, 4) is 0 Å². The van der Waals surface area contributed by atoms with Crippen LogP contribution in [0, 0.1) is 0 Å². The van der Waals surface area contributed by atoms with Crippen molar-refractivity contribution >= 4 is 17.6 Å². The highest BCUT2D eigenvalue weighted by Gasteiger charge is 2.71. The fourth-order valence-electron chi connectivity index (χ4n) is 4.06. The largest absolute Gasteiger partial charge is 0.430 e. The van der Waals surface area contributed by atoms with Crippen LogP contribution < -0.4 is 10.6 Å². The monoisotopic (exact) mass is 546 g/mol. The number of benzene rings is 2. The van der Waals surface area contributed by atoms with E-state index in [2.05, 4.69) is 10.6 Å². The molecule has 2 aromatic carbocycles. The Morgan fingerprint density at radius 2 is 1.50 bits per heavy atom. The van der Waals surface area contributed by atoms with Crippen LogP contribution in [0.5, 0.6) is 0 Å². The quantitative estimate of drug-likeness (QED) is 0.467. The van der Waals surface area contributed by atoms with Gasteiger partial charge >= 0.3 is 18.4 Å². The predicted molar refractivity (Wildman–Crippen MR) is 127 cm³/mol. The van der Waals surface area contributed by atoms with E-state index >= 15 is 0 Å². The van der Waals surface area contributed by atoms with E-state index in [4.69, 9.17) is 0 Å². The molecule has 1 aliphatic rings.